The van der Waals surface area contributed by atoms with E-state index < -0.39 is 9.85 Å². The summed E-state index contributed by atoms with van der Waals surface area (Å²) in [5, 5.41) is 31.7. The zero-order valence-electron chi connectivity index (χ0n) is 22.8. The number of thiophene rings is 2. The van der Waals surface area contributed by atoms with Crippen LogP contribution in [-0.4, -0.2) is 29.8 Å². The molecule has 0 spiro atoms. The van der Waals surface area contributed by atoms with Gasteiger partial charge in [0.1, 0.15) is 0 Å². The third kappa shape index (κ3) is 7.00. The Morgan fingerprint density at radius 3 is 1.78 bits per heavy atom. The number of aromatic nitrogens is 4. The topological polar surface area (TPSA) is 162 Å². The number of nitrogens with zero attached hydrogens (tertiary/aromatic N) is 6. The Morgan fingerprint density at radius 2 is 1.20 bits per heavy atom. The first-order valence-corrected chi connectivity index (χ1v) is 15.9. The number of anilines is 4. The minimum absolute atomic E-state index is 0.0200. The Kier molecular flexibility index (Phi) is 8.81. The number of nitrogens with one attached hydrogen (secondary N) is 2. The van der Waals surface area contributed by atoms with Crippen molar-refractivity contribution in [1.82, 2.24) is 19.9 Å². The molecule has 0 unspecified atom stereocenters. The first-order chi connectivity index (χ1) is 21.8. The van der Waals surface area contributed by atoms with E-state index in [1.54, 1.807) is 59.3 Å². The van der Waals surface area contributed by atoms with Crippen LogP contribution in [0.1, 0.15) is 0 Å². The second-order valence-corrected chi connectivity index (χ2v) is 12.3. The zero-order chi connectivity index (χ0) is 31.3. The van der Waals surface area contributed by atoms with Gasteiger partial charge in [0.25, 0.3) is 11.4 Å². The van der Waals surface area contributed by atoms with Gasteiger partial charge in [0.2, 0.25) is 11.9 Å². The third-order valence-electron chi connectivity index (χ3n) is 6.30. The molecular weight excluding hydrogens is 727 g/mol. The van der Waals surface area contributed by atoms with Gasteiger partial charge >= 0.3 is 0 Å². The molecule has 12 nitrogen and oxygen atoms in total. The maximum absolute atomic E-state index is 10.9. The van der Waals surface area contributed by atoms with E-state index in [9.17, 15) is 20.2 Å². The normalized spacial score (nSPS) is 10.7. The molecule has 0 atom stereocenters. The van der Waals surface area contributed by atoms with Crippen molar-refractivity contribution in [3.63, 3.8) is 0 Å². The molecular formula is C30H19IN8O4S2. The average molecular weight is 747 g/mol. The molecule has 0 saturated carbocycles. The van der Waals surface area contributed by atoms with Crippen LogP contribution >= 0.6 is 45.3 Å². The van der Waals surface area contributed by atoms with Crippen LogP contribution in [0.4, 0.5) is 34.6 Å². The maximum atomic E-state index is 10.9. The lowest BCUT2D eigenvalue weighted by atomic mass is 10.1. The van der Waals surface area contributed by atoms with Gasteiger partial charge < -0.3 is 10.6 Å². The Bertz CT molecular complexity index is 2170. The van der Waals surface area contributed by atoms with E-state index in [2.05, 4.69) is 58.5 Å². The SMILES string of the molecule is O=[N+]([O-])c1cccc(Nc2ncc3scc(-c4ccccc4)c3n2)c1.O=[N+]([O-])c1cccc(Nc2ncc3scc(I)c3n2)c1. The van der Waals surface area contributed by atoms with Gasteiger partial charge in [-0.3, -0.25) is 20.2 Å². The van der Waals surface area contributed by atoms with Crippen LogP contribution in [0, 0.1) is 23.8 Å². The molecule has 15 heteroatoms. The van der Waals surface area contributed by atoms with Crippen LogP contribution < -0.4 is 10.6 Å². The monoisotopic (exact) mass is 746 g/mol. The fraction of sp³-hybridized carbons (Fsp3) is 0. The molecule has 45 heavy (non-hydrogen) atoms. The lowest BCUT2D eigenvalue weighted by Crippen LogP contribution is -1.97. The molecule has 7 aromatic rings. The summed E-state index contributed by atoms with van der Waals surface area (Å²) in [6, 6.07) is 22.5. The van der Waals surface area contributed by atoms with Gasteiger partial charge in [-0.1, -0.05) is 42.5 Å². The average Bonchev–Trinajstić information content (AvgIpc) is 3.65. The van der Waals surface area contributed by atoms with Gasteiger partial charge in [-0.05, 0) is 40.3 Å². The zero-order valence-corrected chi connectivity index (χ0v) is 26.6. The summed E-state index contributed by atoms with van der Waals surface area (Å²) in [5.41, 5.74) is 5.10. The highest BCUT2D eigenvalue weighted by atomic mass is 127. The fourth-order valence-electron chi connectivity index (χ4n) is 4.22. The Hall–Kier alpha value is -5.13. The predicted octanol–water partition coefficient (Wildman–Crippen LogP) is 8.96. The second-order valence-electron chi connectivity index (χ2n) is 9.28. The molecule has 0 aliphatic rings. The van der Waals surface area contributed by atoms with Crippen LogP contribution in [0.25, 0.3) is 31.6 Å². The highest BCUT2D eigenvalue weighted by molar-refractivity contribution is 14.1. The smallest absolute Gasteiger partial charge is 0.271 e. The van der Waals surface area contributed by atoms with Crippen LogP contribution in [-0.2, 0) is 0 Å². The number of non-ortho nitro benzene ring substituents is 2. The molecule has 0 amide bonds. The third-order valence-corrected chi connectivity index (χ3v) is 9.35. The fourth-order valence-corrected chi connectivity index (χ4v) is 6.79. The molecule has 0 bridgehead atoms. The highest BCUT2D eigenvalue weighted by Gasteiger charge is 2.12. The van der Waals surface area contributed by atoms with E-state index in [1.165, 1.54) is 24.3 Å². The lowest BCUT2D eigenvalue weighted by Gasteiger charge is -2.05. The quantitative estimate of drug-likeness (QED) is 0.0915. The van der Waals surface area contributed by atoms with Crippen LogP contribution in [0.3, 0.4) is 0 Å². The van der Waals surface area contributed by atoms with Crippen molar-refractivity contribution in [2.24, 2.45) is 0 Å². The largest absolute Gasteiger partial charge is 0.324 e. The number of benzene rings is 3. The van der Waals surface area contributed by atoms with Crippen molar-refractivity contribution in [2.75, 3.05) is 10.6 Å². The van der Waals surface area contributed by atoms with Crippen molar-refractivity contribution in [1.29, 1.82) is 0 Å². The molecule has 0 aliphatic heterocycles. The number of rotatable bonds is 7. The molecule has 0 fully saturated rings. The molecule has 3 aromatic carbocycles. The van der Waals surface area contributed by atoms with E-state index in [-0.39, 0.29) is 11.4 Å². The minimum atomic E-state index is -0.433. The highest BCUT2D eigenvalue weighted by Crippen LogP contribution is 2.33. The Morgan fingerprint density at radius 1 is 0.667 bits per heavy atom. The Labute approximate surface area is 276 Å². The van der Waals surface area contributed by atoms with Gasteiger partial charge in [0.15, 0.2) is 0 Å². The summed E-state index contributed by atoms with van der Waals surface area (Å²) in [6.45, 7) is 0. The van der Waals surface area contributed by atoms with Crippen molar-refractivity contribution >= 4 is 100 Å². The number of fused-ring (bicyclic) bond motifs is 2. The molecule has 0 saturated heterocycles. The molecule has 0 radical (unpaired) electrons. The van der Waals surface area contributed by atoms with E-state index in [0.717, 1.165) is 35.1 Å². The summed E-state index contributed by atoms with van der Waals surface area (Å²) in [4.78, 5) is 38.3. The van der Waals surface area contributed by atoms with E-state index in [0.29, 0.717) is 23.3 Å². The molecule has 4 heterocycles. The van der Waals surface area contributed by atoms with E-state index in [4.69, 9.17) is 0 Å². The van der Waals surface area contributed by atoms with Crippen molar-refractivity contribution in [3.8, 4) is 11.1 Å². The van der Waals surface area contributed by atoms with Crippen molar-refractivity contribution < 1.29 is 9.85 Å². The van der Waals surface area contributed by atoms with Gasteiger partial charge in [-0.25, -0.2) is 19.9 Å². The van der Waals surface area contributed by atoms with Gasteiger partial charge in [-0.2, -0.15) is 0 Å². The van der Waals surface area contributed by atoms with Crippen LogP contribution in [0.15, 0.2) is 102 Å². The van der Waals surface area contributed by atoms with Crippen molar-refractivity contribution in [3.05, 3.63) is 126 Å². The van der Waals surface area contributed by atoms with Crippen LogP contribution in [0.2, 0.25) is 0 Å². The molecule has 0 aliphatic carbocycles. The summed E-state index contributed by atoms with van der Waals surface area (Å²) in [7, 11) is 0. The van der Waals surface area contributed by atoms with E-state index in [1.807, 2.05) is 35.7 Å². The summed E-state index contributed by atoms with van der Waals surface area (Å²) < 4.78 is 3.06. The summed E-state index contributed by atoms with van der Waals surface area (Å²) in [5.74, 6) is 0.831. The number of hydrogen-bond acceptors (Lipinski definition) is 12. The Balaban J connectivity index is 0.000000163. The van der Waals surface area contributed by atoms with Gasteiger partial charge in [-0.15, -0.1) is 22.7 Å². The van der Waals surface area contributed by atoms with Gasteiger partial charge in [0.05, 0.1) is 46.2 Å². The predicted molar refractivity (Wildman–Crippen MR) is 186 cm³/mol. The van der Waals surface area contributed by atoms with E-state index >= 15 is 0 Å². The molecule has 7 rings (SSSR count). The summed E-state index contributed by atoms with van der Waals surface area (Å²) in [6.07, 6.45) is 3.51. The standard InChI is InChI=1S/C18H12N4O2S.C12H7IN4O2S/c23-22(24)14-8-4-7-13(9-14)20-18-19-10-16-17(21-18)15(11-25-16)12-5-2-1-3-6-12;13-9-6-20-10-5-14-12(16-11(9)10)15-7-2-1-3-8(4-7)17(18)19/h1-11H,(H,19,20,21);1-6H,(H,14,15,16). The molecule has 4 aromatic heterocycles. The van der Waals surface area contributed by atoms with Gasteiger partial charge in [0, 0.05) is 52.0 Å². The number of hydrogen-bond donors (Lipinski definition) is 2. The second kappa shape index (κ2) is 13.2. The first-order valence-electron chi connectivity index (χ1n) is 13.1. The first kappa shape index (κ1) is 29.9. The number of halogens is 1. The minimum Gasteiger partial charge on any atom is -0.324 e. The molecule has 2 N–H and O–H groups in total. The number of nitro benzene ring substituents is 2. The molecule has 222 valence electrons. The number of nitro groups is 2. The van der Waals surface area contributed by atoms with Crippen molar-refractivity contribution in [2.45, 2.75) is 0 Å². The summed E-state index contributed by atoms with van der Waals surface area (Å²) >= 11 is 5.39. The maximum Gasteiger partial charge on any atom is 0.271 e. The van der Waals surface area contributed by atoms with Crippen LogP contribution in [0.5, 0.6) is 0 Å². The lowest BCUT2D eigenvalue weighted by molar-refractivity contribution is -0.385.